The fourth-order valence-electron chi connectivity index (χ4n) is 1.51. The van der Waals surface area contributed by atoms with Gasteiger partial charge < -0.3 is 15.2 Å². The molecule has 0 saturated carbocycles. The summed E-state index contributed by atoms with van der Waals surface area (Å²) >= 11 is 0. The molecule has 2 aromatic carbocycles. The van der Waals surface area contributed by atoms with Gasteiger partial charge in [0.25, 0.3) is 0 Å². The molecule has 0 saturated heterocycles. The summed E-state index contributed by atoms with van der Waals surface area (Å²) in [6.45, 7) is 3.85. The van der Waals surface area contributed by atoms with Crippen molar-refractivity contribution in [2.75, 3.05) is 13.2 Å². The minimum Gasteiger partial charge on any atom is -0.490 e. The summed E-state index contributed by atoms with van der Waals surface area (Å²) in [4.78, 5) is 0. The van der Waals surface area contributed by atoms with Crippen molar-refractivity contribution in [1.82, 2.24) is 5.32 Å². The van der Waals surface area contributed by atoms with Crippen LogP contribution in [0.3, 0.4) is 0 Å². The van der Waals surface area contributed by atoms with Gasteiger partial charge in [-0.25, -0.2) is 0 Å². The zero-order chi connectivity index (χ0) is 19.8. The minimum atomic E-state index is -0.910. The first kappa shape index (κ1) is 8.65. The summed E-state index contributed by atoms with van der Waals surface area (Å²) in [5, 5.41) is 12.7. The van der Waals surface area contributed by atoms with E-state index in [1.165, 1.54) is 0 Å². The molecule has 1 unspecified atom stereocenters. The van der Waals surface area contributed by atoms with E-state index in [1.807, 2.05) is 13.8 Å². The highest BCUT2D eigenvalue weighted by atomic mass is 16.5. The van der Waals surface area contributed by atoms with Crippen molar-refractivity contribution in [3.05, 3.63) is 42.3 Å². The van der Waals surface area contributed by atoms with E-state index >= 15 is 0 Å². The highest BCUT2D eigenvalue weighted by molar-refractivity contribution is 5.88. The molecule has 0 amide bonds. The lowest BCUT2D eigenvalue weighted by Gasteiger charge is -2.15. The topological polar surface area (TPSA) is 41.5 Å². The van der Waals surface area contributed by atoms with E-state index in [-0.39, 0.29) is 43.1 Å². The Labute approximate surface area is 131 Å². The largest absolute Gasteiger partial charge is 0.490 e. The molecule has 3 nitrogen and oxygen atoms in total. The predicted octanol–water partition coefficient (Wildman–Crippen LogP) is 3.21. The Bertz CT molecular complexity index is 834. The molecule has 110 valence electrons. The van der Waals surface area contributed by atoms with Gasteiger partial charge in [-0.15, -0.1) is 0 Å². The van der Waals surface area contributed by atoms with Crippen LogP contribution in [-0.2, 0) is 0 Å². The first-order valence-electron chi connectivity index (χ1n) is 9.61. The second kappa shape index (κ2) is 7.88. The number of aliphatic hydroxyl groups excluding tert-OH is 1. The molecule has 3 heteroatoms. The van der Waals surface area contributed by atoms with Crippen molar-refractivity contribution in [3.63, 3.8) is 0 Å². The number of nitrogens with one attached hydrogen (secondary N) is 1. The SMILES string of the molecule is C.[2H]c1c([2H])c([2H])c2c(OCC(O)CNC(C)C)c([2H])c([2H])c([2H])c2c1[2H]. The van der Waals surface area contributed by atoms with Crippen LogP contribution < -0.4 is 10.1 Å². The van der Waals surface area contributed by atoms with Gasteiger partial charge in [0, 0.05) is 18.0 Å². The van der Waals surface area contributed by atoms with Crippen LogP contribution in [0, 0.1) is 0 Å². The average Bonchev–Trinajstić information content (AvgIpc) is 2.59. The predicted molar refractivity (Wildman–Crippen MR) is 85.3 cm³/mol. The zero-order valence-electron chi connectivity index (χ0n) is 17.9. The highest BCUT2D eigenvalue weighted by Crippen LogP contribution is 2.25. The van der Waals surface area contributed by atoms with Crippen LogP contribution >= 0.6 is 0 Å². The Kier molecular flexibility index (Phi) is 3.41. The van der Waals surface area contributed by atoms with Crippen molar-refractivity contribution < 1.29 is 19.4 Å². The molecule has 2 N–H and O–H groups in total. The van der Waals surface area contributed by atoms with E-state index in [0.717, 1.165) is 0 Å². The summed E-state index contributed by atoms with van der Waals surface area (Å²) < 4.78 is 61.0. The molecule has 20 heavy (non-hydrogen) atoms. The van der Waals surface area contributed by atoms with Crippen molar-refractivity contribution in [1.29, 1.82) is 0 Å². The lowest BCUT2D eigenvalue weighted by atomic mass is 10.1. The maximum Gasteiger partial charge on any atom is 0.127 e. The highest BCUT2D eigenvalue weighted by Gasteiger charge is 2.07. The van der Waals surface area contributed by atoms with Gasteiger partial charge in [0.1, 0.15) is 18.5 Å². The van der Waals surface area contributed by atoms with Crippen LogP contribution in [0.2, 0.25) is 0 Å². The monoisotopic (exact) mass is 282 g/mol. The van der Waals surface area contributed by atoms with Gasteiger partial charge in [-0.05, 0) is 11.4 Å². The smallest absolute Gasteiger partial charge is 0.127 e. The first-order valence-corrected chi connectivity index (χ1v) is 6.11. The Morgan fingerprint density at radius 1 is 1.20 bits per heavy atom. The maximum atomic E-state index is 9.99. The number of benzene rings is 2. The first-order chi connectivity index (χ1) is 12.1. The second-order valence-electron chi connectivity index (χ2n) is 4.48. The number of ether oxygens (including phenoxy) is 1. The van der Waals surface area contributed by atoms with Gasteiger partial charge in [0.15, 0.2) is 0 Å². The summed E-state index contributed by atoms with van der Waals surface area (Å²) in [6.07, 6.45) is -0.910. The molecular formula is C17H25NO2. The summed E-state index contributed by atoms with van der Waals surface area (Å²) in [5.41, 5.74) is 0. The van der Waals surface area contributed by atoms with Crippen LogP contribution in [0.1, 0.15) is 30.9 Å². The van der Waals surface area contributed by atoms with Crippen LogP contribution in [-0.4, -0.2) is 30.4 Å². The third-order valence-electron chi connectivity index (χ3n) is 2.46. The number of fused-ring (bicyclic) bond motifs is 1. The molecule has 0 radical (unpaired) electrons. The maximum absolute atomic E-state index is 9.99. The van der Waals surface area contributed by atoms with E-state index in [9.17, 15) is 5.11 Å². The van der Waals surface area contributed by atoms with Crippen molar-refractivity contribution in [3.8, 4) is 5.75 Å². The van der Waals surface area contributed by atoms with E-state index in [4.69, 9.17) is 14.3 Å². The quantitative estimate of drug-likeness (QED) is 0.855. The second-order valence-corrected chi connectivity index (χ2v) is 4.48. The Morgan fingerprint density at radius 2 is 1.90 bits per heavy atom. The molecule has 1 atom stereocenters. The van der Waals surface area contributed by atoms with Crippen LogP contribution in [0.4, 0.5) is 0 Å². The fourth-order valence-corrected chi connectivity index (χ4v) is 1.51. The Balaban J connectivity index is 0.00000364. The summed E-state index contributed by atoms with van der Waals surface area (Å²) in [6, 6.07) is -3.15. The summed E-state index contributed by atoms with van der Waals surface area (Å²) in [7, 11) is 0. The average molecular weight is 282 g/mol. The molecule has 2 rings (SSSR count). The summed E-state index contributed by atoms with van der Waals surface area (Å²) in [5.74, 6) is -0.225. The Hall–Kier alpha value is -1.58. The zero-order valence-corrected chi connectivity index (χ0v) is 10.9. The van der Waals surface area contributed by atoms with Gasteiger partial charge >= 0.3 is 0 Å². The lowest BCUT2D eigenvalue weighted by Crippen LogP contribution is -2.35. The number of aliphatic hydroxyl groups is 1. The number of hydrogen-bond donors (Lipinski definition) is 2. The molecule has 0 aliphatic heterocycles. The number of hydrogen-bond acceptors (Lipinski definition) is 3. The van der Waals surface area contributed by atoms with Crippen LogP contribution in [0.25, 0.3) is 10.8 Å². The van der Waals surface area contributed by atoms with E-state index in [2.05, 4.69) is 5.32 Å². The molecule has 0 heterocycles. The third-order valence-corrected chi connectivity index (χ3v) is 2.46. The van der Waals surface area contributed by atoms with Gasteiger partial charge in [-0.2, -0.15) is 0 Å². The fraction of sp³-hybridized carbons (Fsp3) is 0.412. The normalized spacial score (nSPS) is 17.1. The third kappa shape index (κ3) is 4.51. The molecule has 0 aliphatic carbocycles. The van der Waals surface area contributed by atoms with Crippen molar-refractivity contribution >= 4 is 10.8 Å². The van der Waals surface area contributed by atoms with Gasteiger partial charge in [-0.3, -0.25) is 0 Å². The van der Waals surface area contributed by atoms with E-state index in [1.54, 1.807) is 0 Å². The minimum absolute atomic E-state index is 0. The van der Waals surface area contributed by atoms with E-state index < -0.39 is 48.4 Å². The molecule has 0 spiro atoms. The van der Waals surface area contributed by atoms with Gasteiger partial charge in [-0.1, -0.05) is 57.5 Å². The Morgan fingerprint density at radius 3 is 2.65 bits per heavy atom. The van der Waals surface area contributed by atoms with Crippen molar-refractivity contribution in [2.45, 2.75) is 33.4 Å². The molecule has 0 fully saturated rings. The van der Waals surface area contributed by atoms with Gasteiger partial charge in [0.05, 0.1) is 9.60 Å². The van der Waals surface area contributed by atoms with Crippen LogP contribution in [0.5, 0.6) is 5.75 Å². The molecule has 2 aromatic rings. The van der Waals surface area contributed by atoms with Crippen molar-refractivity contribution in [2.24, 2.45) is 0 Å². The van der Waals surface area contributed by atoms with Gasteiger partial charge in [0.2, 0.25) is 0 Å². The number of rotatable bonds is 6. The lowest BCUT2D eigenvalue weighted by molar-refractivity contribution is 0.105. The molecule has 0 bridgehead atoms. The molecule has 0 aliphatic rings. The molecular weight excluding hydrogens is 250 g/mol. The molecule has 0 aromatic heterocycles. The van der Waals surface area contributed by atoms with E-state index in [0.29, 0.717) is 0 Å². The standard InChI is InChI=1S/C16H21NO2.CH4/c1-12(2)17-10-14(18)11-19-16-9-5-7-13-6-3-4-8-15(13)16;/h3-9,12,14,17-18H,10-11H2,1-2H3;1H4/i3D,4D,5D,6D,7D,8D,9D;. The van der Waals surface area contributed by atoms with Crippen LogP contribution in [0.15, 0.2) is 42.3 Å².